The average molecular weight is 433 g/mol. The Balaban J connectivity index is 1.85. The summed E-state index contributed by atoms with van der Waals surface area (Å²) in [5.74, 6) is 0.988. The van der Waals surface area contributed by atoms with Crippen LogP contribution in [0.25, 0.3) is 16.7 Å². The topological polar surface area (TPSA) is 42.5 Å². The predicted molar refractivity (Wildman–Crippen MR) is 130 cm³/mol. The second-order valence-electron chi connectivity index (χ2n) is 8.62. The van der Waals surface area contributed by atoms with Crippen LogP contribution in [0.4, 0.5) is 15.8 Å². The van der Waals surface area contributed by atoms with Crippen molar-refractivity contribution in [2.24, 2.45) is 0 Å². The minimum Gasteiger partial charge on any atom is -0.497 e. The first-order valence-corrected chi connectivity index (χ1v) is 10.7. The molecule has 1 heterocycles. The van der Waals surface area contributed by atoms with Gasteiger partial charge in [-0.25, -0.2) is 4.39 Å². The van der Waals surface area contributed by atoms with E-state index < -0.39 is 0 Å². The van der Waals surface area contributed by atoms with Crippen LogP contribution >= 0.6 is 0 Å². The molecule has 0 spiro atoms. The van der Waals surface area contributed by atoms with Crippen LogP contribution in [0.2, 0.25) is 0 Å². The van der Waals surface area contributed by atoms with Gasteiger partial charge < -0.3 is 20.1 Å². The summed E-state index contributed by atoms with van der Waals surface area (Å²) in [5, 5.41) is 7.16. The van der Waals surface area contributed by atoms with Gasteiger partial charge in [-0.05, 0) is 67.8 Å². The van der Waals surface area contributed by atoms with Crippen LogP contribution in [0.5, 0.6) is 11.5 Å². The van der Waals surface area contributed by atoms with Crippen LogP contribution in [-0.4, -0.2) is 19.8 Å². The van der Waals surface area contributed by atoms with E-state index in [1.165, 1.54) is 17.7 Å². The fourth-order valence-electron chi connectivity index (χ4n) is 4.45. The number of benzene rings is 3. The summed E-state index contributed by atoms with van der Waals surface area (Å²) < 4.78 is 24.8. The van der Waals surface area contributed by atoms with E-state index in [0.29, 0.717) is 12.3 Å². The minimum absolute atomic E-state index is 0.135. The van der Waals surface area contributed by atoms with E-state index in [4.69, 9.17) is 9.47 Å². The van der Waals surface area contributed by atoms with Crippen LogP contribution in [-0.2, 0) is 6.54 Å². The van der Waals surface area contributed by atoms with Gasteiger partial charge in [0.25, 0.3) is 0 Å². The lowest BCUT2D eigenvalue weighted by Crippen LogP contribution is -2.32. The molecule has 4 rings (SSSR count). The Kier molecular flexibility index (Phi) is 5.83. The SMILES string of the molecule is COc1cccc(NCc2c(-c3ccc(F)cc3OC)ccc3c2C(C)=CC(C)(C)N3)c1. The molecule has 3 aromatic rings. The van der Waals surface area contributed by atoms with Gasteiger partial charge in [0.15, 0.2) is 0 Å². The van der Waals surface area contributed by atoms with E-state index in [1.807, 2.05) is 24.3 Å². The van der Waals surface area contributed by atoms with Crippen LogP contribution in [0.3, 0.4) is 0 Å². The van der Waals surface area contributed by atoms with E-state index in [0.717, 1.165) is 39.4 Å². The number of methoxy groups -OCH3 is 2. The smallest absolute Gasteiger partial charge is 0.129 e. The molecule has 0 fully saturated rings. The number of allylic oxidation sites excluding steroid dienone is 1. The molecule has 0 saturated heterocycles. The van der Waals surface area contributed by atoms with Crippen molar-refractivity contribution in [1.29, 1.82) is 0 Å². The molecule has 0 unspecified atom stereocenters. The van der Waals surface area contributed by atoms with Crippen LogP contribution in [0, 0.1) is 5.82 Å². The molecule has 0 aromatic heterocycles. The predicted octanol–water partition coefficient (Wildman–Crippen LogP) is 6.73. The van der Waals surface area contributed by atoms with Gasteiger partial charge in [-0.3, -0.25) is 0 Å². The summed E-state index contributed by atoms with van der Waals surface area (Å²) in [4.78, 5) is 0. The summed E-state index contributed by atoms with van der Waals surface area (Å²) >= 11 is 0. The molecular formula is C27H29FN2O2. The third-order valence-electron chi connectivity index (χ3n) is 5.73. The van der Waals surface area contributed by atoms with Crippen LogP contribution < -0.4 is 20.1 Å². The lowest BCUT2D eigenvalue weighted by molar-refractivity contribution is 0.413. The summed E-state index contributed by atoms with van der Waals surface area (Å²) in [6, 6.07) is 16.7. The first-order valence-electron chi connectivity index (χ1n) is 10.7. The lowest BCUT2D eigenvalue weighted by Gasteiger charge is -2.33. The Bertz CT molecular complexity index is 1180. The minimum atomic E-state index is -0.320. The average Bonchev–Trinajstić information content (AvgIpc) is 2.76. The Hall–Kier alpha value is -3.47. The van der Waals surface area contributed by atoms with E-state index in [2.05, 4.69) is 49.6 Å². The highest BCUT2D eigenvalue weighted by Crippen LogP contribution is 2.42. The van der Waals surface area contributed by atoms with Crippen molar-refractivity contribution in [3.05, 3.63) is 77.6 Å². The quantitative estimate of drug-likeness (QED) is 0.453. The molecule has 0 aliphatic carbocycles. The van der Waals surface area contributed by atoms with Crippen molar-refractivity contribution in [1.82, 2.24) is 0 Å². The molecule has 1 aliphatic rings. The van der Waals surface area contributed by atoms with Crippen LogP contribution in [0.1, 0.15) is 31.9 Å². The first kappa shape index (κ1) is 21.8. The molecule has 32 heavy (non-hydrogen) atoms. The molecule has 0 radical (unpaired) electrons. The maximum atomic E-state index is 13.9. The van der Waals surface area contributed by atoms with Crippen molar-refractivity contribution in [2.75, 3.05) is 24.9 Å². The molecule has 166 valence electrons. The normalized spacial score (nSPS) is 14.1. The van der Waals surface area contributed by atoms with E-state index in [9.17, 15) is 4.39 Å². The number of ether oxygens (including phenoxy) is 2. The molecule has 0 bridgehead atoms. The summed E-state index contributed by atoms with van der Waals surface area (Å²) in [6.07, 6.45) is 2.25. The number of halogens is 1. The zero-order valence-electron chi connectivity index (χ0n) is 19.2. The monoisotopic (exact) mass is 432 g/mol. The van der Waals surface area contributed by atoms with Gasteiger partial charge in [0.1, 0.15) is 17.3 Å². The molecule has 1 aliphatic heterocycles. The van der Waals surface area contributed by atoms with E-state index >= 15 is 0 Å². The zero-order chi connectivity index (χ0) is 22.9. The third kappa shape index (κ3) is 4.28. The number of rotatable bonds is 6. The highest BCUT2D eigenvalue weighted by atomic mass is 19.1. The Morgan fingerprint density at radius 2 is 1.75 bits per heavy atom. The Labute approximate surface area is 189 Å². The molecule has 3 aromatic carbocycles. The zero-order valence-corrected chi connectivity index (χ0v) is 19.2. The second kappa shape index (κ2) is 8.58. The van der Waals surface area contributed by atoms with Crippen molar-refractivity contribution in [2.45, 2.75) is 32.9 Å². The molecule has 0 amide bonds. The maximum absolute atomic E-state index is 13.9. The van der Waals surface area contributed by atoms with Gasteiger partial charge in [-0.2, -0.15) is 0 Å². The maximum Gasteiger partial charge on any atom is 0.129 e. The number of anilines is 2. The fraction of sp³-hybridized carbons (Fsp3) is 0.259. The first-order chi connectivity index (χ1) is 15.3. The number of fused-ring (bicyclic) bond motifs is 1. The van der Waals surface area contributed by atoms with Gasteiger partial charge >= 0.3 is 0 Å². The van der Waals surface area contributed by atoms with Gasteiger partial charge in [-0.15, -0.1) is 0 Å². The van der Waals surface area contributed by atoms with Gasteiger partial charge in [0, 0.05) is 41.2 Å². The molecule has 5 heteroatoms. The van der Waals surface area contributed by atoms with Crippen molar-refractivity contribution < 1.29 is 13.9 Å². The lowest BCUT2D eigenvalue weighted by atomic mass is 9.85. The van der Waals surface area contributed by atoms with Crippen molar-refractivity contribution in [3.8, 4) is 22.6 Å². The Morgan fingerprint density at radius 1 is 0.969 bits per heavy atom. The highest BCUT2D eigenvalue weighted by Gasteiger charge is 2.26. The number of nitrogens with one attached hydrogen (secondary N) is 2. The molecule has 2 N–H and O–H groups in total. The van der Waals surface area contributed by atoms with E-state index in [1.54, 1.807) is 20.3 Å². The van der Waals surface area contributed by atoms with Gasteiger partial charge in [0.2, 0.25) is 0 Å². The highest BCUT2D eigenvalue weighted by molar-refractivity contribution is 5.88. The molecule has 0 atom stereocenters. The molecule has 0 saturated carbocycles. The summed E-state index contributed by atoms with van der Waals surface area (Å²) in [5.41, 5.74) is 7.25. The van der Waals surface area contributed by atoms with Crippen molar-refractivity contribution >= 4 is 16.9 Å². The second-order valence-corrected chi connectivity index (χ2v) is 8.62. The third-order valence-corrected chi connectivity index (χ3v) is 5.73. The fourth-order valence-corrected chi connectivity index (χ4v) is 4.45. The van der Waals surface area contributed by atoms with Crippen LogP contribution in [0.15, 0.2) is 60.7 Å². The number of hydrogen-bond donors (Lipinski definition) is 2. The summed E-state index contributed by atoms with van der Waals surface area (Å²) in [6.45, 7) is 7.04. The Morgan fingerprint density at radius 3 is 2.50 bits per heavy atom. The molecule has 4 nitrogen and oxygen atoms in total. The largest absolute Gasteiger partial charge is 0.497 e. The summed E-state index contributed by atoms with van der Waals surface area (Å²) in [7, 11) is 3.23. The van der Waals surface area contributed by atoms with Gasteiger partial charge in [0.05, 0.1) is 19.8 Å². The van der Waals surface area contributed by atoms with Crippen molar-refractivity contribution in [3.63, 3.8) is 0 Å². The number of hydrogen-bond acceptors (Lipinski definition) is 4. The van der Waals surface area contributed by atoms with E-state index in [-0.39, 0.29) is 11.4 Å². The standard InChI is InChI=1S/C27H29FN2O2/c1-17-15-27(2,3)30-24-12-11-21(22-10-9-18(28)13-25(22)32-5)23(26(17)24)16-29-19-7-6-8-20(14-19)31-4/h6-15,29-30H,16H2,1-5H3. The van der Waals surface area contributed by atoms with Gasteiger partial charge in [-0.1, -0.05) is 18.2 Å². The molecular weight excluding hydrogens is 403 g/mol.